The average Bonchev–Trinajstić information content (AvgIpc) is 3.16. The van der Waals surface area contributed by atoms with E-state index in [-0.39, 0.29) is 11.9 Å². The Bertz CT molecular complexity index is 684. The van der Waals surface area contributed by atoms with E-state index >= 15 is 0 Å². The highest BCUT2D eigenvalue weighted by Crippen LogP contribution is 2.71. The van der Waals surface area contributed by atoms with Crippen molar-refractivity contribution in [2.24, 2.45) is 52.3 Å². The molecule has 4 saturated carbocycles. The molecule has 0 aromatic heterocycles. The Kier molecular flexibility index (Phi) is 4.58. The monoisotopic (exact) mass is 416 g/mol. The molecule has 2 heterocycles. The van der Waals surface area contributed by atoms with E-state index in [0.717, 1.165) is 49.5 Å². The lowest BCUT2D eigenvalue weighted by molar-refractivity contribution is -0.273. The van der Waals surface area contributed by atoms with Gasteiger partial charge in [-0.2, -0.15) is 0 Å². The fourth-order valence-electron chi connectivity index (χ4n) is 10.3. The van der Waals surface area contributed by atoms with Gasteiger partial charge in [0.05, 0.1) is 18.8 Å². The normalized spacial score (nSPS) is 62.5. The number of ether oxygens (including phenoxy) is 2. The van der Waals surface area contributed by atoms with Crippen molar-refractivity contribution in [2.45, 2.75) is 110 Å². The number of aliphatic hydroxyl groups excluding tert-OH is 1. The zero-order valence-electron chi connectivity index (χ0n) is 19.7. The summed E-state index contributed by atoms with van der Waals surface area (Å²) in [6, 6.07) is 0. The smallest absolute Gasteiger partial charge is 0.171 e. The van der Waals surface area contributed by atoms with E-state index in [9.17, 15) is 5.11 Å². The number of fused-ring (bicyclic) bond motifs is 7. The summed E-state index contributed by atoms with van der Waals surface area (Å²) in [7, 11) is 0. The molecule has 12 atom stereocenters. The number of rotatable bonds is 0. The average molecular weight is 417 g/mol. The van der Waals surface area contributed by atoms with Crippen LogP contribution in [0.2, 0.25) is 0 Å². The van der Waals surface area contributed by atoms with E-state index in [2.05, 4.69) is 27.7 Å². The Balaban J connectivity index is 1.26. The van der Waals surface area contributed by atoms with Crippen LogP contribution in [-0.2, 0) is 9.47 Å². The molecule has 0 radical (unpaired) electrons. The molecule has 1 N–H and O–H groups in total. The minimum absolute atomic E-state index is 0.0389. The van der Waals surface area contributed by atoms with E-state index in [4.69, 9.17) is 9.47 Å². The third-order valence-corrected chi connectivity index (χ3v) is 11.9. The molecule has 1 unspecified atom stereocenters. The van der Waals surface area contributed by atoms with Gasteiger partial charge in [0, 0.05) is 12.3 Å². The lowest BCUT2D eigenvalue weighted by Gasteiger charge is -2.61. The van der Waals surface area contributed by atoms with Crippen LogP contribution < -0.4 is 0 Å². The maximum absolute atomic E-state index is 10.3. The predicted octanol–water partition coefficient (Wildman–Crippen LogP) is 5.79. The Morgan fingerprint density at radius 1 is 0.833 bits per heavy atom. The molecule has 170 valence electrons. The van der Waals surface area contributed by atoms with Gasteiger partial charge in [0.25, 0.3) is 0 Å². The SMILES string of the molecule is C[C@H]1CC[C@@]2(OC1)O[C@H]1C[C@H]3[C@@H]4CC[C@@H]5C[C@H](O)CC[C@]5(C)[C@H]4CC[C@]3(C)C1[C@@H]2C. The molecule has 4 aliphatic carbocycles. The topological polar surface area (TPSA) is 38.7 Å². The summed E-state index contributed by atoms with van der Waals surface area (Å²) in [6.45, 7) is 10.9. The van der Waals surface area contributed by atoms with Crippen LogP contribution in [-0.4, -0.2) is 29.7 Å². The van der Waals surface area contributed by atoms with Crippen molar-refractivity contribution in [1.29, 1.82) is 0 Å². The maximum atomic E-state index is 10.3. The quantitative estimate of drug-likeness (QED) is 0.543. The summed E-state index contributed by atoms with van der Waals surface area (Å²) in [5.74, 6) is 4.93. The van der Waals surface area contributed by atoms with E-state index < -0.39 is 0 Å². The van der Waals surface area contributed by atoms with Crippen LogP contribution in [0.3, 0.4) is 0 Å². The highest BCUT2D eigenvalue weighted by atomic mass is 16.7. The molecule has 30 heavy (non-hydrogen) atoms. The van der Waals surface area contributed by atoms with Crippen LogP contribution in [0, 0.1) is 52.3 Å². The molecule has 3 nitrogen and oxygen atoms in total. The number of hydrogen-bond donors (Lipinski definition) is 1. The van der Waals surface area contributed by atoms with Crippen molar-refractivity contribution in [3.63, 3.8) is 0 Å². The first-order valence-corrected chi connectivity index (χ1v) is 13.3. The zero-order valence-corrected chi connectivity index (χ0v) is 19.7. The molecule has 2 aliphatic heterocycles. The largest absolute Gasteiger partial charge is 0.393 e. The van der Waals surface area contributed by atoms with Gasteiger partial charge in [0.2, 0.25) is 0 Å². The van der Waals surface area contributed by atoms with Crippen molar-refractivity contribution < 1.29 is 14.6 Å². The van der Waals surface area contributed by atoms with Gasteiger partial charge >= 0.3 is 0 Å². The molecule has 0 aromatic carbocycles. The predicted molar refractivity (Wildman–Crippen MR) is 118 cm³/mol. The molecule has 6 rings (SSSR count). The van der Waals surface area contributed by atoms with Crippen LogP contribution in [0.5, 0.6) is 0 Å². The molecule has 0 bridgehead atoms. The van der Waals surface area contributed by atoms with Crippen LogP contribution >= 0.6 is 0 Å². The van der Waals surface area contributed by atoms with Gasteiger partial charge in [-0.3, -0.25) is 0 Å². The third-order valence-electron chi connectivity index (χ3n) is 11.9. The van der Waals surface area contributed by atoms with Gasteiger partial charge in [-0.15, -0.1) is 0 Å². The van der Waals surface area contributed by atoms with E-state index in [0.29, 0.717) is 34.7 Å². The summed E-state index contributed by atoms with van der Waals surface area (Å²) >= 11 is 0. The van der Waals surface area contributed by atoms with Crippen LogP contribution in [0.15, 0.2) is 0 Å². The minimum Gasteiger partial charge on any atom is -0.393 e. The lowest BCUT2D eigenvalue weighted by Crippen LogP contribution is -2.55. The lowest BCUT2D eigenvalue weighted by atomic mass is 9.44. The molecular formula is C27H44O3. The summed E-state index contributed by atoms with van der Waals surface area (Å²) < 4.78 is 13.4. The van der Waals surface area contributed by atoms with Crippen LogP contribution in [0.4, 0.5) is 0 Å². The van der Waals surface area contributed by atoms with Crippen LogP contribution in [0.25, 0.3) is 0 Å². The second-order valence-electron chi connectivity index (χ2n) is 13.1. The second kappa shape index (κ2) is 6.70. The third kappa shape index (κ3) is 2.61. The summed E-state index contributed by atoms with van der Waals surface area (Å²) in [5.41, 5.74) is 0.899. The van der Waals surface area contributed by atoms with Crippen molar-refractivity contribution >= 4 is 0 Å². The Morgan fingerprint density at radius 3 is 2.40 bits per heavy atom. The van der Waals surface area contributed by atoms with E-state index in [1.807, 2.05) is 0 Å². The molecule has 0 aromatic rings. The molecule has 6 aliphatic rings. The van der Waals surface area contributed by atoms with Crippen molar-refractivity contribution in [1.82, 2.24) is 0 Å². The fourth-order valence-corrected chi connectivity index (χ4v) is 10.3. The van der Waals surface area contributed by atoms with Crippen LogP contribution in [0.1, 0.15) is 91.9 Å². The highest BCUT2D eigenvalue weighted by Gasteiger charge is 2.69. The minimum atomic E-state index is -0.282. The summed E-state index contributed by atoms with van der Waals surface area (Å²) in [4.78, 5) is 0. The molecule has 6 fully saturated rings. The van der Waals surface area contributed by atoms with E-state index in [1.54, 1.807) is 0 Å². The summed E-state index contributed by atoms with van der Waals surface area (Å²) in [6.07, 6.45) is 12.9. The summed E-state index contributed by atoms with van der Waals surface area (Å²) in [5, 5.41) is 10.3. The second-order valence-corrected chi connectivity index (χ2v) is 13.1. The first-order chi connectivity index (χ1) is 14.3. The molecule has 1 spiro atoms. The molecule has 0 amide bonds. The Morgan fingerprint density at radius 2 is 1.63 bits per heavy atom. The number of aliphatic hydroxyl groups is 1. The van der Waals surface area contributed by atoms with Gasteiger partial charge in [-0.25, -0.2) is 0 Å². The van der Waals surface area contributed by atoms with Gasteiger partial charge in [-0.05, 0) is 104 Å². The van der Waals surface area contributed by atoms with Crippen molar-refractivity contribution in [3.8, 4) is 0 Å². The Labute approximate surface area is 183 Å². The highest BCUT2D eigenvalue weighted by molar-refractivity contribution is 5.15. The first kappa shape index (κ1) is 20.5. The van der Waals surface area contributed by atoms with E-state index in [1.165, 1.54) is 44.9 Å². The maximum Gasteiger partial charge on any atom is 0.171 e. The Hall–Kier alpha value is -0.120. The van der Waals surface area contributed by atoms with Gasteiger partial charge < -0.3 is 14.6 Å². The van der Waals surface area contributed by atoms with Crippen molar-refractivity contribution in [2.75, 3.05) is 6.61 Å². The molecular weight excluding hydrogens is 372 g/mol. The van der Waals surface area contributed by atoms with Gasteiger partial charge in [-0.1, -0.05) is 27.7 Å². The number of hydrogen-bond acceptors (Lipinski definition) is 3. The van der Waals surface area contributed by atoms with Crippen molar-refractivity contribution in [3.05, 3.63) is 0 Å². The molecule has 3 heteroatoms. The zero-order chi connectivity index (χ0) is 20.9. The van der Waals surface area contributed by atoms with Gasteiger partial charge in [0.15, 0.2) is 5.79 Å². The first-order valence-electron chi connectivity index (χ1n) is 13.3. The van der Waals surface area contributed by atoms with Gasteiger partial charge in [0.1, 0.15) is 0 Å². The molecule has 2 saturated heterocycles. The standard InChI is InChI=1S/C27H44O3/c1-16-7-12-27(29-15-16)17(2)24-23(30-27)14-22-20-6-5-18-13-19(28)8-10-25(18,3)21(20)9-11-26(22,24)4/h16-24,28H,5-15H2,1-4H3/t16-,17-,18+,19+,20+,21-,22-,23-,24?,25-,26-,27+/m0/s1. The fraction of sp³-hybridized carbons (Fsp3) is 1.00.